The van der Waals surface area contributed by atoms with E-state index in [-0.39, 0.29) is 53.7 Å². The van der Waals surface area contributed by atoms with Crippen molar-refractivity contribution < 1.29 is 52.7 Å². The van der Waals surface area contributed by atoms with Crippen molar-refractivity contribution >= 4 is 5.78 Å². The summed E-state index contributed by atoms with van der Waals surface area (Å²) < 4.78 is 0. The molecule has 0 aromatic carbocycles. The first-order valence-electron chi connectivity index (χ1n) is 6.03. The summed E-state index contributed by atoms with van der Waals surface area (Å²) in [5.74, 6) is 0.343. The molecule has 6 N–H and O–H groups in total. The van der Waals surface area contributed by atoms with Crippen LogP contribution in [0.25, 0.3) is 0 Å². The van der Waals surface area contributed by atoms with Gasteiger partial charge in [0.2, 0.25) is 0 Å². The van der Waals surface area contributed by atoms with Crippen LogP contribution in [0.4, 0.5) is 0 Å². The smallest absolute Gasteiger partial charge is 0.319 e. The van der Waals surface area contributed by atoms with E-state index in [2.05, 4.69) is 6.42 Å². The van der Waals surface area contributed by atoms with Gasteiger partial charge in [0.25, 0.3) is 0 Å². The van der Waals surface area contributed by atoms with E-state index >= 15 is 0 Å². The molecule has 0 aliphatic rings. The topological polar surface area (TPSA) is 123 Å². The summed E-state index contributed by atoms with van der Waals surface area (Å²) in [6, 6.07) is 0. The molecule has 0 amide bonds. The molecule has 0 aliphatic carbocycles. The molecule has 0 bridgehead atoms. The quantitative estimate of drug-likeness (QED) is 0.153. The molecular weight excluding hydrogens is 357 g/mol. The second-order valence-electron chi connectivity index (χ2n) is 2.87. The van der Waals surface area contributed by atoms with Gasteiger partial charge in [-0.3, -0.25) is 4.79 Å². The van der Waals surface area contributed by atoms with Crippen LogP contribution >= 0.6 is 0 Å². The van der Waals surface area contributed by atoms with E-state index < -0.39 is 0 Å². The van der Waals surface area contributed by atoms with Crippen molar-refractivity contribution in [3.8, 4) is 12.5 Å². The molecule has 0 aromatic heterocycles. The van der Waals surface area contributed by atoms with Crippen molar-refractivity contribution in [3.05, 3.63) is 11.3 Å². The van der Waals surface area contributed by atoms with Crippen LogP contribution in [0.5, 0.6) is 0 Å². The molecular formula is C14H31NbO6+. The van der Waals surface area contributed by atoms with E-state index in [1.54, 1.807) is 27.7 Å². The number of ketones is 1. The molecule has 6 nitrogen and oxygen atoms in total. The zero-order valence-electron chi connectivity index (χ0n) is 13.8. The number of rotatable bonds is 1. The summed E-state index contributed by atoms with van der Waals surface area (Å²) in [7, 11) is 0. The van der Waals surface area contributed by atoms with E-state index in [4.69, 9.17) is 30.3 Å². The SMILES string of the molecule is C#CO.CC(=[OH+])/C(C)=C(/C)O.CCO.CCO.CCO.[Nb]. The Morgan fingerprint density at radius 3 is 1.10 bits per heavy atom. The Morgan fingerprint density at radius 1 is 0.952 bits per heavy atom. The normalized spacial score (nSPS) is 7.81. The number of hydrogen-bond donors (Lipinski definition) is 5. The van der Waals surface area contributed by atoms with Crippen molar-refractivity contribution in [2.45, 2.75) is 41.5 Å². The molecule has 0 aromatic rings. The molecule has 0 fully saturated rings. The zero-order valence-corrected chi connectivity index (χ0v) is 16.0. The first-order chi connectivity index (χ1) is 9.21. The Morgan fingerprint density at radius 2 is 1.10 bits per heavy atom. The van der Waals surface area contributed by atoms with Crippen LogP contribution in [0, 0.1) is 12.5 Å². The van der Waals surface area contributed by atoms with Crippen molar-refractivity contribution in [3.63, 3.8) is 0 Å². The Kier molecular flexibility index (Phi) is 75.1. The van der Waals surface area contributed by atoms with Crippen LogP contribution in [-0.4, -0.2) is 55.9 Å². The number of terminal acetylenes is 1. The molecule has 0 rings (SSSR count). The molecule has 127 valence electrons. The van der Waals surface area contributed by atoms with Gasteiger partial charge in [0.1, 0.15) is 11.9 Å². The largest absolute Gasteiger partial charge is 0.512 e. The fraction of sp³-hybridized carbons (Fsp3) is 0.643. The summed E-state index contributed by atoms with van der Waals surface area (Å²) in [6.07, 6.45) is 5.40. The standard InChI is InChI=1S/C6H10O2.3C2H6O.C2H2O.Nb/c1-4(5(2)7)6(3)8;4*1-2-3;/h7H,1-3H3;3*3H,2H2,1H3;1,3H;/p+1/b5-4-;;;;;. The molecule has 0 heterocycles. The van der Waals surface area contributed by atoms with Gasteiger partial charge < -0.3 is 25.5 Å². The molecule has 1 radical (unpaired) electrons. The Bertz CT molecular complexity index is 238. The molecule has 0 aliphatic heterocycles. The van der Waals surface area contributed by atoms with Crippen molar-refractivity contribution in [1.82, 2.24) is 0 Å². The summed E-state index contributed by atoms with van der Waals surface area (Å²) in [5.41, 5.74) is 0.546. The van der Waals surface area contributed by atoms with Crippen LogP contribution in [0.1, 0.15) is 41.5 Å². The van der Waals surface area contributed by atoms with Crippen LogP contribution in [0.15, 0.2) is 11.3 Å². The molecule has 21 heavy (non-hydrogen) atoms. The van der Waals surface area contributed by atoms with Gasteiger partial charge >= 0.3 is 5.78 Å². The second kappa shape index (κ2) is 42.7. The van der Waals surface area contributed by atoms with Crippen molar-refractivity contribution in [2.75, 3.05) is 19.8 Å². The van der Waals surface area contributed by atoms with Gasteiger partial charge in [-0.1, -0.05) is 6.42 Å². The van der Waals surface area contributed by atoms with E-state index in [0.717, 1.165) is 0 Å². The predicted octanol–water partition coefficient (Wildman–Crippen LogP) is 1.35. The average Bonchev–Trinajstić information content (AvgIpc) is 2.31. The third-order valence-electron chi connectivity index (χ3n) is 1.09. The van der Waals surface area contributed by atoms with Gasteiger partial charge in [-0.05, 0) is 34.6 Å². The third kappa shape index (κ3) is 110. The number of aliphatic hydroxyl groups is 5. The summed E-state index contributed by atoms with van der Waals surface area (Å²) in [6.45, 7) is 10.5. The average molecular weight is 388 g/mol. The van der Waals surface area contributed by atoms with Crippen molar-refractivity contribution in [2.24, 2.45) is 0 Å². The van der Waals surface area contributed by atoms with Gasteiger partial charge in [-0.15, -0.1) is 0 Å². The number of hydrogen-bond acceptors (Lipinski definition) is 5. The first-order valence-corrected chi connectivity index (χ1v) is 6.03. The Labute approximate surface area is 144 Å². The van der Waals surface area contributed by atoms with Crippen molar-refractivity contribution in [1.29, 1.82) is 0 Å². The van der Waals surface area contributed by atoms with Gasteiger partial charge in [-0.25, -0.2) is 0 Å². The van der Waals surface area contributed by atoms with E-state index in [1.807, 2.05) is 0 Å². The third-order valence-corrected chi connectivity index (χ3v) is 1.09. The maximum atomic E-state index is 8.69. The van der Waals surface area contributed by atoms with Gasteiger partial charge in [0, 0.05) is 42.2 Å². The fourth-order valence-corrected chi connectivity index (χ4v) is 0.262. The van der Waals surface area contributed by atoms with E-state index in [1.165, 1.54) is 20.0 Å². The maximum absolute atomic E-state index is 8.69. The summed E-state index contributed by atoms with van der Waals surface area (Å²) in [4.78, 5) is 8.69. The number of allylic oxidation sites excluding steroid dienone is 2. The van der Waals surface area contributed by atoms with Gasteiger partial charge in [0.05, 0.1) is 12.5 Å². The Hall–Kier alpha value is -0.810. The van der Waals surface area contributed by atoms with Gasteiger partial charge in [-0.2, -0.15) is 0 Å². The minimum absolute atomic E-state index is 0. The first kappa shape index (κ1) is 36.9. The monoisotopic (exact) mass is 388 g/mol. The maximum Gasteiger partial charge on any atom is 0.319 e. The second-order valence-corrected chi connectivity index (χ2v) is 2.87. The summed E-state index contributed by atoms with van der Waals surface area (Å²) in [5, 5.41) is 38.5. The molecule has 0 saturated carbocycles. The van der Waals surface area contributed by atoms with Gasteiger partial charge in [0.15, 0.2) is 0 Å². The van der Waals surface area contributed by atoms with Crippen LogP contribution in [-0.2, 0) is 22.4 Å². The van der Waals surface area contributed by atoms with Crippen LogP contribution in [0.3, 0.4) is 0 Å². The molecule has 7 heteroatoms. The number of aliphatic hydroxyl groups excluding tert-OH is 5. The van der Waals surface area contributed by atoms with E-state index in [9.17, 15) is 0 Å². The molecule has 0 atom stereocenters. The van der Waals surface area contributed by atoms with Crippen LogP contribution < -0.4 is 0 Å². The molecule has 0 saturated heterocycles. The van der Waals surface area contributed by atoms with E-state index in [0.29, 0.717) is 5.57 Å². The zero-order chi connectivity index (χ0) is 17.6. The molecule has 0 unspecified atom stereocenters. The molecule has 0 spiro atoms. The Balaban J connectivity index is -0.0000000369. The van der Waals surface area contributed by atoms with Crippen LogP contribution in [0.2, 0.25) is 0 Å². The summed E-state index contributed by atoms with van der Waals surface area (Å²) >= 11 is 0. The number of carbonyl (C=O) groups excluding carboxylic acids is 1. The predicted molar refractivity (Wildman–Crippen MR) is 82.7 cm³/mol. The minimum Gasteiger partial charge on any atom is -0.512 e. The fourth-order valence-electron chi connectivity index (χ4n) is 0.262. The minimum atomic E-state index is 0.